The van der Waals surface area contributed by atoms with E-state index < -0.39 is 24.1 Å². The molecule has 1 aliphatic rings. The number of anilines is 1. The number of para-hydroxylation sites is 1. The lowest BCUT2D eigenvalue weighted by molar-refractivity contribution is -0.132. The van der Waals surface area contributed by atoms with E-state index in [4.69, 9.17) is 9.47 Å². The van der Waals surface area contributed by atoms with E-state index in [2.05, 4.69) is 33.7 Å². The summed E-state index contributed by atoms with van der Waals surface area (Å²) in [5, 5.41) is 11.0. The lowest BCUT2D eigenvalue weighted by Crippen LogP contribution is -2.45. The third-order valence-electron chi connectivity index (χ3n) is 9.10. The highest BCUT2D eigenvalue weighted by atomic mass is 19.1. The number of ether oxygens (including phenoxy) is 2. The quantitative estimate of drug-likeness (QED) is 0.154. The lowest BCUT2D eigenvalue weighted by atomic mass is 9.91. The number of rotatable bonds is 12. The highest BCUT2D eigenvalue weighted by Crippen LogP contribution is 2.34. The first-order valence-corrected chi connectivity index (χ1v) is 17.2. The van der Waals surface area contributed by atoms with Crippen LogP contribution in [0.1, 0.15) is 85.1 Å². The molecule has 3 amide bonds. The maximum absolute atomic E-state index is 13.9. The Morgan fingerprint density at radius 2 is 1.90 bits per heavy atom. The van der Waals surface area contributed by atoms with Gasteiger partial charge in [0.15, 0.2) is 6.36 Å². The Labute approximate surface area is 292 Å². The standard InChI is InChI=1S/C38H49FN6O5/c1-24-31-11-7-9-26(14-17-32(39)49-6)35(31)43-34(24)27-10-8-18-45(23-27)33(46)20-30(42-37(48)50-38(2,3)4)19-25-12-15-29(16-13-25)41-36(47)28-21-40-44(5)22-28/h7,9,11-13,15-16,21-22,27,30,32,43H,8,10,14,17-20,23H2,1-6H3,(H,41,47)(H,42,48). The summed E-state index contributed by atoms with van der Waals surface area (Å²) in [5.41, 5.74) is 5.58. The number of nitrogens with one attached hydrogen (secondary N) is 3. The zero-order valence-electron chi connectivity index (χ0n) is 29.8. The molecule has 3 atom stereocenters. The molecular weight excluding hydrogens is 639 g/mol. The van der Waals surface area contributed by atoms with Crippen molar-refractivity contribution in [3.63, 3.8) is 0 Å². The second-order valence-corrected chi connectivity index (χ2v) is 14.2. The van der Waals surface area contributed by atoms with Crippen LogP contribution in [0.4, 0.5) is 14.9 Å². The molecule has 0 spiro atoms. The van der Waals surface area contributed by atoms with Gasteiger partial charge in [0, 0.05) is 80.5 Å². The molecule has 268 valence electrons. The van der Waals surface area contributed by atoms with E-state index in [-0.39, 0.29) is 30.6 Å². The van der Waals surface area contributed by atoms with Crippen molar-refractivity contribution in [2.45, 2.75) is 90.1 Å². The van der Waals surface area contributed by atoms with Gasteiger partial charge in [-0.25, -0.2) is 9.18 Å². The number of alkyl carbamates (subject to hydrolysis) is 1. The Kier molecular flexibility index (Phi) is 11.6. The van der Waals surface area contributed by atoms with Gasteiger partial charge in [0.25, 0.3) is 5.91 Å². The van der Waals surface area contributed by atoms with Crippen LogP contribution in [-0.2, 0) is 34.2 Å². The number of amides is 3. The van der Waals surface area contributed by atoms with Gasteiger partial charge >= 0.3 is 6.09 Å². The van der Waals surface area contributed by atoms with Gasteiger partial charge in [-0.1, -0.05) is 30.3 Å². The van der Waals surface area contributed by atoms with E-state index in [9.17, 15) is 18.8 Å². The van der Waals surface area contributed by atoms with Crippen LogP contribution in [-0.4, -0.2) is 75.8 Å². The summed E-state index contributed by atoms with van der Waals surface area (Å²) in [7, 11) is 3.12. The number of carbonyl (C=O) groups is 3. The number of hydrogen-bond donors (Lipinski definition) is 3. The second kappa shape index (κ2) is 15.9. The number of benzene rings is 2. The second-order valence-electron chi connectivity index (χ2n) is 14.2. The Morgan fingerprint density at radius 1 is 1.14 bits per heavy atom. The number of piperidine rings is 1. The minimum atomic E-state index is -1.31. The lowest BCUT2D eigenvalue weighted by Gasteiger charge is -2.34. The average Bonchev–Trinajstić information content (AvgIpc) is 3.66. The van der Waals surface area contributed by atoms with E-state index in [1.54, 1.807) is 50.8 Å². The van der Waals surface area contributed by atoms with E-state index in [0.717, 1.165) is 46.1 Å². The SMILES string of the molecule is COC(F)CCc1cccc2c(C)c(C3CCCN(C(=O)CC(Cc4ccc(NC(=O)c5cnn(C)c5)cc4)NC(=O)OC(C)(C)C)C3)[nH]c12. The van der Waals surface area contributed by atoms with Crippen LogP contribution in [0.5, 0.6) is 0 Å². The number of carbonyl (C=O) groups excluding carboxylic acids is 3. The van der Waals surface area contributed by atoms with Gasteiger partial charge < -0.3 is 30.0 Å². The van der Waals surface area contributed by atoms with Crippen LogP contribution >= 0.6 is 0 Å². The van der Waals surface area contributed by atoms with Crippen LogP contribution in [0.15, 0.2) is 54.9 Å². The van der Waals surface area contributed by atoms with E-state index in [0.29, 0.717) is 37.2 Å². The van der Waals surface area contributed by atoms with Crippen molar-refractivity contribution in [3.05, 3.63) is 82.8 Å². The Balaban J connectivity index is 1.27. The molecule has 3 unspecified atom stereocenters. The topological polar surface area (TPSA) is 131 Å². The molecule has 2 aromatic carbocycles. The number of methoxy groups -OCH3 is 1. The largest absolute Gasteiger partial charge is 0.444 e. The number of alkyl halides is 1. The molecule has 0 saturated carbocycles. The van der Waals surface area contributed by atoms with Crippen molar-refractivity contribution < 1.29 is 28.2 Å². The maximum Gasteiger partial charge on any atom is 0.407 e. The summed E-state index contributed by atoms with van der Waals surface area (Å²) in [6, 6.07) is 12.9. The molecule has 5 rings (SSSR count). The third-order valence-corrected chi connectivity index (χ3v) is 9.10. The predicted molar refractivity (Wildman–Crippen MR) is 191 cm³/mol. The van der Waals surface area contributed by atoms with Crippen LogP contribution in [0.2, 0.25) is 0 Å². The van der Waals surface area contributed by atoms with Crippen molar-refractivity contribution in [1.82, 2.24) is 25.0 Å². The van der Waals surface area contributed by atoms with Crippen LogP contribution in [0, 0.1) is 6.92 Å². The number of aromatic nitrogens is 3. The number of H-pyrrole nitrogens is 1. The number of halogens is 1. The van der Waals surface area contributed by atoms with Crippen LogP contribution in [0.3, 0.4) is 0 Å². The average molecular weight is 689 g/mol. The molecule has 2 aromatic heterocycles. The van der Waals surface area contributed by atoms with Crippen molar-refractivity contribution >= 4 is 34.5 Å². The summed E-state index contributed by atoms with van der Waals surface area (Å²) < 4.78 is 25.8. The van der Waals surface area contributed by atoms with Gasteiger partial charge in [0.2, 0.25) is 5.91 Å². The predicted octanol–water partition coefficient (Wildman–Crippen LogP) is 6.57. The first-order chi connectivity index (χ1) is 23.8. The van der Waals surface area contributed by atoms with Crippen molar-refractivity contribution in [3.8, 4) is 0 Å². The van der Waals surface area contributed by atoms with Gasteiger partial charge in [-0.3, -0.25) is 14.3 Å². The summed E-state index contributed by atoms with van der Waals surface area (Å²) in [4.78, 5) is 44.8. The molecule has 4 aromatic rings. The van der Waals surface area contributed by atoms with E-state index >= 15 is 0 Å². The van der Waals surface area contributed by atoms with E-state index in [1.807, 2.05) is 29.2 Å². The number of likely N-dealkylation sites (tertiary alicyclic amines) is 1. The monoisotopic (exact) mass is 688 g/mol. The summed E-state index contributed by atoms with van der Waals surface area (Å²) in [6.45, 7) is 8.69. The highest BCUT2D eigenvalue weighted by molar-refractivity contribution is 6.03. The summed E-state index contributed by atoms with van der Waals surface area (Å²) >= 11 is 0. The van der Waals surface area contributed by atoms with Crippen molar-refractivity contribution in [2.24, 2.45) is 7.05 Å². The van der Waals surface area contributed by atoms with Gasteiger partial charge in [-0.2, -0.15) is 5.10 Å². The molecular formula is C38H49FN6O5. The molecule has 50 heavy (non-hydrogen) atoms. The minimum Gasteiger partial charge on any atom is -0.444 e. The van der Waals surface area contributed by atoms with Gasteiger partial charge in [-0.05, 0) is 82.2 Å². The highest BCUT2D eigenvalue weighted by Gasteiger charge is 2.30. The number of fused-ring (bicyclic) bond motifs is 1. The molecule has 1 fully saturated rings. The number of hydrogen-bond acceptors (Lipinski definition) is 6. The molecule has 0 radical (unpaired) electrons. The number of nitrogens with zero attached hydrogens (tertiary/aromatic N) is 3. The normalized spacial score (nSPS) is 16.2. The van der Waals surface area contributed by atoms with E-state index in [1.165, 1.54) is 13.3 Å². The fourth-order valence-corrected chi connectivity index (χ4v) is 6.62. The van der Waals surface area contributed by atoms with Gasteiger partial charge in [0.1, 0.15) is 5.60 Å². The zero-order valence-corrected chi connectivity index (χ0v) is 29.8. The molecule has 1 saturated heterocycles. The molecule has 11 nitrogen and oxygen atoms in total. The maximum atomic E-state index is 13.9. The van der Waals surface area contributed by atoms with Gasteiger partial charge in [-0.15, -0.1) is 0 Å². The molecule has 0 bridgehead atoms. The molecule has 1 aliphatic heterocycles. The molecule has 3 N–H and O–H groups in total. The molecule has 12 heteroatoms. The van der Waals surface area contributed by atoms with Crippen molar-refractivity contribution in [1.29, 1.82) is 0 Å². The minimum absolute atomic E-state index is 0.0425. The number of aromatic amines is 1. The van der Waals surface area contributed by atoms with Crippen molar-refractivity contribution in [2.75, 3.05) is 25.5 Å². The molecule has 0 aliphatic carbocycles. The zero-order chi connectivity index (χ0) is 36.0. The Hall–Kier alpha value is -4.71. The Morgan fingerprint density at radius 3 is 2.58 bits per heavy atom. The first kappa shape index (κ1) is 36.6. The Bertz CT molecular complexity index is 1790. The third kappa shape index (κ3) is 9.50. The fourth-order valence-electron chi connectivity index (χ4n) is 6.62. The van der Waals surface area contributed by atoms with Crippen LogP contribution in [0.25, 0.3) is 10.9 Å². The van der Waals surface area contributed by atoms with Gasteiger partial charge in [0.05, 0.1) is 11.8 Å². The number of aryl methyl sites for hydroxylation is 3. The summed E-state index contributed by atoms with van der Waals surface area (Å²) in [5.74, 6) is -0.187. The first-order valence-electron chi connectivity index (χ1n) is 17.2. The van der Waals surface area contributed by atoms with Crippen LogP contribution < -0.4 is 10.6 Å². The summed E-state index contributed by atoms with van der Waals surface area (Å²) in [6.07, 6.45) is 4.37. The molecule has 3 heterocycles. The smallest absolute Gasteiger partial charge is 0.407 e. The fraction of sp³-hybridized carbons (Fsp3) is 0.474.